The Kier molecular flexibility index (Phi) is 3.12. The van der Waals surface area contributed by atoms with Crippen LogP contribution in [0.5, 0.6) is 0 Å². The predicted molar refractivity (Wildman–Crippen MR) is 85.5 cm³/mol. The third-order valence-corrected chi connectivity index (χ3v) is 5.28. The number of piperidine rings is 1. The molecule has 1 fully saturated rings. The smallest absolute Gasteiger partial charge is 0.0471 e. The van der Waals surface area contributed by atoms with Crippen LogP contribution in [0.2, 0.25) is 0 Å². The van der Waals surface area contributed by atoms with E-state index in [1.54, 1.807) is 0 Å². The number of H-pyrrole nitrogens is 1. The van der Waals surface area contributed by atoms with Crippen LogP contribution >= 0.6 is 0 Å². The molecule has 3 heteroatoms. The van der Waals surface area contributed by atoms with E-state index in [-0.39, 0.29) is 6.61 Å². The molecule has 2 heterocycles. The number of aliphatic hydroxyl groups excluding tert-OH is 1. The minimum atomic E-state index is 0.285. The van der Waals surface area contributed by atoms with Gasteiger partial charge in [0.2, 0.25) is 0 Å². The van der Waals surface area contributed by atoms with Crippen molar-refractivity contribution in [2.75, 3.05) is 19.7 Å². The van der Waals surface area contributed by atoms with Crippen LogP contribution in [0.4, 0.5) is 0 Å². The molecule has 3 atom stereocenters. The first kappa shape index (κ1) is 13.1. The van der Waals surface area contributed by atoms with Crippen LogP contribution in [0.15, 0.2) is 37.1 Å². The number of rotatable bonds is 3. The lowest BCUT2D eigenvalue weighted by atomic mass is 9.72. The first-order valence-corrected chi connectivity index (χ1v) is 7.86. The van der Waals surface area contributed by atoms with E-state index in [9.17, 15) is 5.11 Å². The third-order valence-electron chi connectivity index (χ3n) is 5.28. The molecule has 0 radical (unpaired) electrons. The number of aliphatic hydroxyl groups is 1. The Morgan fingerprint density at radius 2 is 2.33 bits per heavy atom. The highest BCUT2D eigenvalue weighted by Gasteiger charge is 2.40. The first-order chi connectivity index (χ1) is 10.3. The minimum absolute atomic E-state index is 0.285. The van der Waals surface area contributed by atoms with E-state index in [1.807, 2.05) is 6.08 Å². The van der Waals surface area contributed by atoms with Crippen molar-refractivity contribution in [2.45, 2.75) is 24.8 Å². The highest BCUT2D eigenvalue weighted by molar-refractivity contribution is 5.88. The average Bonchev–Trinajstić information content (AvgIpc) is 2.93. The summed E-state index contributed by atoms with van der Waals surface area (Å²) < 4.78 is 0. The zero-order valence-electron chi connectivity index (χ0n) is 12.3. The second-order valence-corrected chi connectivity index (χ2v) is 6.49. The number of aromatic nitrogens is 1. The molecule has 0 saturated carbocycles. The maximum Gasteiger partial charge on any atom is 0.0471 e. The van der Waals surface area contributed by atoms with Crippen LogP contribution in [0.1, 0.15) is 23.5 Å². The fourth-order valence-electron chi connectivity index (χ4n) is 4.41. The van der Waals surface area contributed by atoms with Crippen molar-refractivity contribution in [1.29, 1.82) is 0 Å². The summed E-state index contributed by atoms with van der Waals surface area (Å²) in [5, 5.41) is 11.1. The van der Waals surface area contributed by atoms with Crippen LogP contribution < -0.4 is 0 Å². The summed E-state index contributed by atoms with van der Waals surface area (Å²) in [7, 11) is 0. The SMILES string of the molecule is C=CCN1CC(CO)CC2c3cccc4[nH]cc(c34)CC21. The van der Waals surface area contributed by atoms with Gasteiger partial charge in [0, 0.05) is 48.8 Å². The van der Waals surface area contributed by atoms with Crippen LogP contribution in [0.25, 0.3) is 10.9 Å². The van der Waals surface area contributed by atoms with Gasteiger partial charge < -0.3 is 10.1 Å². The number of hydrogen-bond donors (Lipinski definition) is 2. The van der Waals surface area contributed by atoms with E-state index >= 15 is 0 Å². The monoisotopic (exact) mass is 282 g/mol. The fraction of sp³-hybridized carbons (Fsp3) is 0.444. The zero-order valence-corrected chi connectivity index (χ0v) is 12.3. The topological polar surface area (TPSA) is 39.3 Å². The summed E-state index contributed by atoms with van der Waals surface area (Å²) in [6, 6.07) is 7.14. The van der Waals surface area contributed by atoms with Gasteiger partial charge in [-0.05, 0) is 36.0 Å². The second kappa shape index (κ2) is 5.00. The van der Waals surface area contributed by atoms with Crippen molar-refractivity contribution in [3.63, 3.8) is 0 Å². The van der Waals surface area contributed by atoms with Gasteiger partial charge in [0.05, 0.1) is 0 Å². The number of fused-ring (bicyclic) bond motifs is 2. The molecule has 1 aromatic carbocycles. The predicted octanol–water partition coefficient (Wildman–Crippen LogP) is 2.68. The lowest BCUT2D eigenvalue weighted by Gasteiger charge is -2.46. The molecule has 21 heavy (non-hydrogen) atoms. The number of aromatic amines is 1. The van der Waals surface area contributed by atoms with Crippen LogP contribution in [-0.2, 0) is 6.42 Å². The summed E-state index contributed by atoms with van der Waals surface area (Å²) in [5.74, 6) is 0.907. The zero-order chi connectivity index (χ0) is 14.4. The number of hydrogen-bond acceptors (Lipinski definition) is 2. The van der Waals surface area contributed by atoms with Crippen molar-refractivity contribution >= 4 is 10.9 Å². The quantitative estimate of drug-likeness (QED) is 0.850. The van der Waals surface area contributed by atoms with Crippen molar-refractivity contribution in [2.24, 2.45) is 5.92 Å². The van der Waals surface area contributed by atoms with Gasteiger partial charge >= 0.3 is 0 Å². The molecule has 110 valence electrons. The Bertz CT molecular complexity index is 675. The Morgan fingerprint density at radius 1 is 1.43 bits per heavy atom. The molecule has 2 N–H and O–H groups in total. The maximum atomic E-state index is 9.66. The second-order valence-electron chi connectivity index (χ2n) is 6.49. The third kappa shape index (κ3) is 1.95. The Morgan fingerprint density at radius 3 is 3.14 bits per heavy atom. The minimum Gasteiger partial charge on any atom is -0.396 e. The van der Waals surface area contributed by atoms with Crippen LogP contribution in [0, 0.1) is 5.92 Å². The summed E-state index contributed by atoms with van der Waals surface area (Å²) >= 11 is 0. The van der Waals surface area contributed by atoms with Crippen molar-refractivity contribution < 1.29 is 5.11 Å². The molecule has 0 spiro atoms. The fourth-order valence-corrected chi connectivity index (χ4v) is 4.41. The van der Waals surface area contributed by atoms with Gasteiger partial charge in [-0.1, -0.05) is 18.2 Å². The molecular formula is C18H22N2O. The largest absolute Gasteiger partial charge is 0.396 e. The van der Waals surface area contributed by atoms with Crippen LogP contribution in [0.3, 0.4) is 0 Å². The number of nitrogens with zero attached hydrogens (tertiary/aromatic N) is 1. The number of benzene rings is 1. The molecule has 0 bridgehead atoms. The summed E-state index contributed by atoms with van der Waals surface area (Å²) in [6.07, 6.45) is 6.37. The summed E-state index contributed by atoms with van der Waals surface area (Å²) in [5.41, 5.74) is 4.16. The van der Waals surface area contributed by atoms with Crippen molar-refractivity contribution in [3.05, 3.63) is 48.2 Å². The lowest BCUT2D eigenvalue weighted by Crippen LogP contribution is -2.50. The van der Waals surface area contributed by atoms with Gasteiger partial charge in [-0.25, -0.2) is 0 Å². The summed E-state index contributed by atoms with van der Waals surface area (Å²) in [4.78, 5) is 5.92. The average molecular weight is 282 g/mol. The van der Waals surface area contributed by atoms with Gasteiger partial charge in [-0.2, -0.15) is 0 Å². The Balaban J connectivity index is 1.81. The molecule has 2 aromatic rings. The van der Waals surface area contributed by atoms with Gasteiger partial charge in [0.1, 0.15) is 0 Å². The van der Waals surface area contributed by atoms with Crippen LogP contribution in [-0.4, -0.2) is 40.7 Å². The normalized spacial score (nSPS) is 28.5. The highest BCUT2D eigenvalue weighted by atomic mass is 16.3. The van der Waals surface area contributed by atoms with E-state index in [2.05, 4.69) is 40.9 Å². The lowest BCUT2D eigenvalue weighted by molar-refractivity contribution is 0.0660. The number of nitrogens with one attached hydrogen (secondary N) is 1. The molecule has 4 rings (SSSR count). The van der Waals surface area contributed by atoms with E-state index < -0.39 is 0 Å². The molecule has 0 amide bonds. The van der Waals surface area contributed by atoms with Gasteiger partial charge in [-0.15, -0.1) is 6.58 Å². The van der Waals surface area contributed by atoms with Crippen molar-refractivity contribution in [1.82, 2.24) is 9.88 Å². The summed E-state index contributed by atoms with van der Waals surface area (Å²) in [6.45, 7) is 6.09. The molecule has 1 saturated heterocycles. The van der Waals surface area contributed by atoms with E-state index in [0.29, 0.717) is 17.9 Å². The molecule has 3 unspecified atom stereocenters. The molecule has 1 aliphatic carbocycles. The Hall–Kier alpha value is -1.58. The van der Waals surface area contributed by atoms with Crippen molar-refractivity contribution in [3.8, 4) is 0 Å². The number of likely N-dealkylation sites (tertiary alicyclic amines) is 1. The molecular weight excluding hydrogens is 260 g/mol. The van der Waals surface area contributed by atoms with Gasteiger partial charge in [-0.3, -0.25) is 4.90 Å². The molecule has 3 nitrogen and oxygen atoms in total. The molecule has 1 aliphatic heterocycles. The van der Waals surface area contributed by atoms with E-state index in [4.69, 9.17) is 0 Å². The first-order valence-electron chi connectivity index (χ1n) is 7.86. The maximum absolute atomic E-state index is 9.66. The standard InChI is InChI=1S/C18H22N2O/c1-2-6-20-10-12(11-21)7-15-14-4-3-5-16-18(14)13(9-19-16)8-17(15)20/h2-5,9,12,15,17,19,21H,1,6-8,10-11H2. The Labute approximate surface area is 125 Å². The van der Waals surface area contributed by atoms with E-state index in [1.165, 1.54) is 22.0 Å². The van der Waals surface area contributed by atoms with E-state index in [0.717, 1.165) is 25.9 Å². The van der Waals surface area contributed by atoms with Gasteiger partial charge in [0.15, 0.2) is 0 Å². The van der Waals surface area contributed by atoms with Gasteiger partial charge in [0.25, 0.3) is 0 Å². The highest BCUT2D eigenvalue weighted by Crippen LogP contribution is 2.44. The molecule has 2 aliphatic rings. The molecule has 1 aromatic heterocycles.